The van der Waals surface area contributed by atoms with Crippen LogP contribution in [0.2, 0.25) is 0 Å². The van der Waals surface area contributed by atoms with Gasteiger partial charge in [0.05, 0.1) is 26.2 Å². The van der Waals surface area contributed by atoms with E-state index in [4.69, 9.17) is 0 Å². The van der Waals surface area contributed by atoms with Crippen LogP contribution in [-0.4, -0.2) is 80.2 Å². The quantitative estimate of drug-likeness (QED) is 0.205. The zero-order chi connectivity index (χ0) is 27.6. The molecule has 0 saturated carbocycles. The van der Waals surface area contributed by atoms with Gasteiger partial charge in [0.25, 0.3) is 0 Å². The maximum absolute atomic E-state index is 11.5. The molecule has 1 aromatic carbocycles. The number of hydrogen-bond donors (Lipinski definition) is 1. The van der Waals surface area contributed by atoms with Gasteiger partial charge in [-0.2, -0.15) is 20.4 Å². The second-order valence-electron chi connectivity index (χ2n) is 10.1. The number of aromatic nitrogens is 8. The molecule has 5 aromatic rings. The first-order valence-electron chi connectivity index (χ1n) is 13.8. The fourth-order valence-corrected chi connectivity index (χ4v) is 4.90. The Morgan fingerprint density at radius 1 is 0.575 bits per heavy atom. The maximum atomic E-state index is 11.5. The van der Waals surface area contributed by atoms with Crippen molar-refractivity contribution < 1.29 is 5.11 Å². The summed E-state index contributed by atoms with van der Waals surface area (Å²) in [6.45, 7) is 9.74. The molecule has 0 aliphatic carbocycles. The predicted molar refractivity (Wildman–Crippen MR) is 152 cm³/mol. The van der Waals surface area contributed by atoms with E-state index in [1.165, 1.54) is 0 Å². The van der Waals surface area contributed by atoms with Crippen LogP contribution in [0.3, 0.4) is 0 Å². The van der Waals surface area contributed by atoms with Crippen LogP contribution in [0, 0.1) is 6.92 Å². The normalized spacial score (nSPS) is 11.7. The number of aromatic hydroxyl groups is 1. The molecule has 0 amide bonds. The molecule has 0 bridgehead atoms. The molecule has 4 aromatic heterocycles. The SMILES string of the molecule is Cc1cc(CN(CCn2cccn2)CCn2cccn2)c(O)c(CN(CCn2cccn2)CCn2cccn2)c1. The van der Waals surface area contributed by atoms with Gasteiger partial charge in [0.1, 0.15) is 5.75 Å². The van der Waals surface area contributed by atoms with Crippen molar-refractivity contribution in [1.29, 1.82) is 0 Å². The molecule has 0 atom stereocenters. The van der Waals surface area contributed by atoms with Gasteiger partial charge in [-0.25, -0.2) is 0 Å². The van der Waals surface area contributed by atoms with Gasteiger partial charge in [0, 0.05) is 100.0 Å². The molecule has 0 radical (unpaired) electrons. The lowest BCUT2D eigenvalue weighted by Gasteiger charge is -2.26. The molecule has 0 saturated heterocycles. The Morgan fingerprint density at radius 3 is 1.18 bits per heavy atom. The van der Waals surface area contributed by atoms with Gasteiger partial charge >= 0.3 is 0 Å². The minimum Gasteiger partial charge on any atom is -0.507 e. The maximum Gasteiger partial charge on any atom is 0.124 e. The lowest BCUT2D eigenvalue weighted by molar-refractivity contribution is 0.228. The Morgan fingerprint density at radius 2 is 0.900 bits per heavy atom. The predicted octanol–water partition coefficient (Wildman–Crippen LogP) is 2.89. The van der Waals surface area contributed by atoms with Crippen LogP contribution in [0.1, 0.15) is 16.7 Å². The number of rotatable bonds is 16. The summed E-state index contributed by atoms with van der Waals surface area (Å²) in [5.41, 5.74) is 3.02. The average molecular weight is 543 g/mol. The van der Waals surface area contributed by atoms with Crippen molar-refractivity contribution in [2.24, 2.45) is 0 Å². The second kappa shape index (κ2) is 13.7. The van der Waals surface area contributed by atoms with Gasteiger partial charge in [0.15, 0.2) is 0 Å². The van der Waals surface area contributed by atoms with Crippen molar-refractivity contribution in [3.8, 4) is 5.75 Å². The summed E-state index contributed by atoms with van der Waals surface area (Å²) in [4.78, 5) is 4.71. The van der Waals surface area contributed by atoms with E-state index in [1.54, 1.807) is 24.8 Å². The van der Waals surface area contributed by atoms with E-state index in [9.17, 15) is 5.11 Å². The standard InChI is InChI=1S/C29H38N10O/c1-26-22-27(24-34(14-18-36-10-2-6-30-36)15-19-37-11-3-7-31-37)29(40)28(23-26)25-35(16-20-38-12-4-8-32-38)17-21-39-13-5-9-33-39/h2-13,22-23,40H,14-21,24-25H2,1H3. The Hall–Kier alpha value is -4.22. The van der Waals surface area contributed by atoms with Crippen LogP contribution in [0.15, 0.2) is 86.0 Å². The van der Waals surface area contributed by atoms with Crippen LogP contribution in [0.25, 0.3) is 0 Å². The summed E-state index contributed by atoms with van der Waals surface area (Å²) in [5.74, 6) is 0.372. The van der Waals surface area contributed by atoms with Crippen molar-refractivity contribution in [3.05, 3.63) is 103 Å². The van der Waals surface area contributed by atoms with Crippen molar-refractivity contribution in [2.45, 2.75) is 46.2 Å². The summed E-state index contributed by atoms with van der Waals surface area (Å²) in [6, 6.07) is 12.0. The molecular formula is C29H38N10O. The number of nitrogens with zero attached hydrogens (tertiary/aromatic N) is 10. The lowest BCUT2D eigenvalue weighted by atomic mass is 10.0. The summed E-state index contributed by atoms with van der Waals surface area (Å²) < 4.78 is 7.78. The minimum atomic E-state index is 0.372. The number of hydrogen-bond acceptors (Lipinski definition) is 7. The summed E-state index contributed by atoms with van der Waals surface area (Å²) in [5, 5.41) is 28.9. The highest BCUT2D eigenvalue weighted by atomic mass is 16.3. The smallest absolute Gasteiger partial charge is 0.124 e. The largest absolute Gasteiger partial charge is 0.507 e. The van der Waals surface area contributed by atoms with Gasteiger partial charge in [-0.1, -0.05) is 17.7 Å². The van der Waals surface area contributed by atoms with E-state index in [2.05, 4.69) is 49.3 Å². The highest BCUT2D eigenvalue weighted by Crippen LogP contribution is 2.27. The van der Waals surface area contributed by atoms with E-state index in [-0.39, 0.29) is 0 Å². The van der Waals surface area contributed by atoms with Crippen molar-refractivity contribution in [1.82, 2.24) is 48.9 Å². The highest BCUT2D eigenvalue weighted by Gasteiger charge is 2.16. The fourth-order valence-electron chi connectivity index (χ4n) is 4.90. The second-order valence-corrected chi connectivity index (χ2v) is 10.1. The van der Waals surface area contributed by atoms with Crippen molar-refractivity contribution >= 4 is 0 Å². The van der Waals surface area contributed by atoms with Gasteiger partial charge in [-0.3, -0.25) is 28.5 Å². The van der Waals surface area contributed by atoms with Crippen LogP contribution in [-0.2, 0) is 39.3 Å². The van der Waals surface area contributed by atoms with Crippen LogP contribution in [0.5, 0.6) is 5.75 Å². The van der Waals surface area contributed by atoms with Gasteiger partial charge in [-0.15, -0.1) is 0 Å². The lowest BCUT2D eigenvalue weighted by Crippen LogP contribution is -2.32. The zero-order valence-corrected chi connectivity index (χ0v) is 23.1. The molecule has 0 aliphatic heterocycles. The van der Waals surface area contributed by atoms with Crippen LogP contribution in [0.4, 0.5) is 0 Å². The molecular weight excluding hydrogens is 504 g/mol. The van der Waals surface area contributed by atoms with Gasteiger partial charge in [-0.05, 0) is 31.2 Å². The van der Waals surface area contributed by atoms with Crippen molar-refractivity contribution in [2.75, 3.05) is 26.2 Å². The van der Waals surface area contributed by atoms with Crippen molar-refractivity contribution in [3.63, 3.8) is 0 Å². The Balaban J connectivity index is 1.30. The van der Waals surface area contributed by atoms with Gasteiger partial charge in [0.2, 0.25) is 0 Å². The molecule has 11 heteroatoms. The van der Waals surface area contributed by atoms with E-state index in [1.807, 2.05) is 67.8 Å². The Kier molecular flexibility index (Phi) is 9.38. The van der Waals surface area contributed by atoms with Crippen LogP contribution < -0.4 is 0 Å². The third-order valence-corrected chi connectivity index (χ3v) is 7.02. The molecule has 0 fully saturated rings. The third-order valence-electron chi connectivity index (χ3n) is 7.02. The summed E-state index contributed by atoms with van der Waals surface area (Å²) in [6.07, 6.45) is 15.1. The van der Waals surface area contributed by atoms with E-state index < -0.39 is 0 Å². The minimum absolute atomic E-state index is 0.372. The first-order valence-corrected chi connectivity index (χ1v) is 13.8. The summed E-state index contributed by atoms with van der Waals surface area (Å²) >= 11 is 0. The molecule has 0 aliphatic rings. The van der Waals surface area contributed by atoms with Crippen LogP contribution >= 0.6 is 0 Å². The first-order chi connectivity index (χ1) is 19.6. The first kappa shape index (κ1) is 27.4. The molecule has 0 unspecified atom stereocenters. The summed E-state index contributed by atoms with van der Waals surface area (Å²) in [7, 11) is 0. The third kappa shape index (κ3) is 7.90. The number of phenolic OH excluding ortho intramolecular Hbond substituents is 1. The highest BCUT2D eigenvalue weighted by molar-refractivity contribution is 5.43. The zero-order valence-electron chi connectivity index (χ0n) is 23.1. The topological polar surface area (TPSA) is 98.0 Å². The van der Waals surface area contributed by atoms with E-state index in [0.29, 0.717) is 18.8 Å². The van der Waals surface area contributed by atoms with E-state index >= 15 is 0 Å². The molecule has 11 nitrogen and oxygen atoms in total. The Labute approximate surface area is 234 Å². The molecule has 40 heavy (non-hydrogen) atoms. The number of aryl methyl sites for hydroxylation is 1. The monoisotopic (exact) mass is 542 g/mol. The fraction of sp³-hybridized carbons (Fsp3) is 0.379. The molecule has 210 valence electrons. The average Bonchev–Trinajstić information content (AvgIpc) is 3.78. The molecule has 0 spiro atoms. The molecule has 5 rings (SSSR count). The van der Waals surface area contributed by atoms with Gasteiger partial charge < -0.3 is 5.11 Å². The Bertz CT molecular complexity index is 1200. The molecule has 4 heterocycles. The van der Waals surface area contributed by atoms with E-state index in [0.717, 1.165) is 69.0 Å². The number of benzene rings is 1. The number of phenols is 1. The molecule has 1 N–H and O–H groups in total.